The number of hydrogen-bond donors (Lipinski definition) is 2. The van der Waals surface area contributed by atoms with Crippen LogP contribution in [0.1, 0.15) is 18.4 Å². The van der Waals surface area contributed by atoms with E-state index in [4.69, 9.17) is 16.3 Å². The summed E-state index contributed by atoms with van der Waals surface area (Å²) in [5, 5.41) is 3.57. The minimum absolute atomic E-state index is 0.116. The van der Waals surface area contributed by atoms with E-state index in [1.807, 2.05) is 6.07 Å². The summed E-state index contributed by atoms with van der Waals surface area (Å²) < 4.78 is 31.6. The van der Waals surface area contributed by atoms with Crippen molar-refractivity contribution in [1.82, 2.24) is 10.0 Å². The van der Waals surface area contributed by atoms with Crippen molar-refractivity contribution in [2.75, 3.05) is 20.3 Å². The van der Waals surface area contributed by atoms with Gasteiger partial charge in [-0.2, -0.15) is 0 Å². The zero-order valence-corrected chi connectivity index (χ0v) is 12.9. The van der Waals surface area contributed by atoms with Gasteiger partial charge < -0.3 is 10.1 Å². The first-order chi connectivity index (χ1) is 9.53. The average Bonchev–Trinajstić information content (AvgIpc) is 3.22. The first kappa shape index (κ1) is 15.7. The molecule has 1 aliphatic rings. The van der Waals surface area contributed by atoms with Gasteiger partial charge in [0.15, 0.2) is 0 Å². The lowest BCUT2D eigenvalue weighted by Crippen LogP contribution is -2.27. The number of hydrogen-bond acceptors (Lipinski definition) is 4. The Labute approximate surface area is 124 Å². The molecule has 0 radical (unpaired) electrons. The van der Waals surface area contributed by atoms with Crippen molar-refractivity contribution in [3.05, 3.63) is 28.8 Å². The molecule has 1 aliphatic carbocycles. The first-order valence-electron chi connectivity index (χ1n) is 6.53. The monoisotopic (exact) mass is 318 g/mol. The van der Waals surface area contributed by atoms with E-state index >= 15 is 0 Å². The van der Waals surface area contributed by atoms with E-state index in [0.717, 1.165) is 5.56 Å². The highest BCUT2D eigenvalue weighted by Gasteiger charge is 2.21. The van der Waals surface area contributed by atoms with Gasteiger partial charge in [-0.25, -0.2) is 13.1 Å². The molecule has 0 heterocycles. The van der Waals surface area contributed by atoms with Crippen LogP contribution < -0.4 is 10.0 Å². The van der Waals surface area contributed by atoms with Crippen molar-refractivity contribution >= 4 is 21.6 Å². The molecule has 0 unspecified atom stereocenters. The standard InChI is InChI=1S/C13H19ClN2O3S/c1-19-7-6-16-20(17,18)13-8-10(2-5-12(13)14)9-15-11-3-4-11/h2,5,8,11,15-16H,3-4,6-7,9H2,1H3. The number of halogens is 1. The number of nitrogens with one attached hydrogen (secondary N) is 2. The molecule has 1 aromatic carbocycles. The van der Waals surface area contributed by atoms with Crippen LogP contribution in [0.4, 0.5) is 0 Å². The lowest BCUT2D eigenvalue weighted by Gasteiger charge is -2.10. The van der Waals surface area contributed by atoms with Gasteiger partial charge in [-0.3, -0.25) is 0 Å². The smallest absolute Gasteiger partial charge is 0.242 e. The number of sulfonamides is 1. The highest BCUT2D eigenvalue weighted by molar-refractivity contribution is 7.89. The summed E-state index contributed by atoms with van der Waals surface area (Å²) >= 11 is 6.00. The van der Waals surface area contributed by atoms with Crippen LogP contribution in [0.2, 0.25) is 5.02 Å². The molecular weight excluding hydrogens is 300 g/mol. The molecule has 0 atom stereocenters. The van der Waals surface area contributed by atoms with Crippen LogP contribution in [-0.2, 0) is 21.3 Å². The van der Waals surface area contributed by atoms with Crippen molar-refractivity contribution in [3.63, 3.8) is 0 Å². The molecule has 0 aromatic heterocycles. The lowest BCUT2D eigenvalue weighted by atomic mass is 10.2. The highest BCUT2D eigenvalue weighted by atomic mass is 35.5. The average molecular weight is 319 g/mol. The van der Waals surface area contributed by atoms with E-state index in [1.165, 1.54) is 20.0 Å². The van der Waals surface area contributed by atoms with Crippen molar-refractivity contribution < 1.29 is 13.2 Å². The lowest BCUT2D eigenvalue weighted by molar-refractivity contribution is 0.204. The van der Waals surface area contributed by atoms with Crippen molar-refractivity contribution in [3.8, 4) is 0 Å². The Morgan fingerprint density at radius 1 is 1.40 bits per heavy atom. The summed E-state index contributed by atoms with van der Waals surface area (Å²) in [4.78, 5) is 0.116. The molecule has 1 saturated carbocycles. The van der Waals surface area contributed by atoms with Gasteiger partial charge in [-0.05, 0) is 30.5 Å². The molecule has 112 valence electrons. The Kier molecular flexibility index (Phi) is 5.40. The zero-order valence-electron chi connectivity index (χ0n) is 11.4. The van der Waals surface area contributed by atoms with Crippen LogP contribution in [0.25, 0.3) is 0 Å². The zero-order chi connectivity index (χ0) is 14.6. The van der Waals surface area contributed by atoms with Crippen molar-refractivity contribution in [2.24, 2.45) is 0 Å². The number of ether oxygens (including phenoxy) is 1. The molecule has 0 spiro atoms. The number of benzene rings is 1. The molecule has 20 heavy (non-hydrogen) atoms. The maximum atomic E-state index is 12.2. The normalized spacial score (nSPS) is 15.5. The third kappa shape index (κ3) is 4.43. The van der Waals surface area contributed by atoms with Gasteiger partial charge in [0.25, 0.3) is 0 Å². The van der Waals surface area contributed by atoms with E-state index in [9.17, 15) is 8.42 Å². The first-order valence-corrected chi connectivity index (χ1v) is 8.39. The summed E-state index contributed by atoms with van der Waals surface area (Å²) in [6.45, 7) is 1.20. The van der Waals surface area contributed by atoms with Crippen LogP contribution >= 0.6 is 11.6 Å². The SMILES string of the molecule is COCCNS(=O)(=O)c1cc(CNC2CC2)ccc1Cl. The van der Waals surface area contributed by atoms with Crippen LogP contribution in [0, 0.1) is 0 Å². The fraction of sp³-hybridized carbons (Fsp3) is 0.538. The highest BCUT2D eigenvalue weighted by Crippen LogP contribution is 2.24. The number of methoxy groups -OCH3 is 1. The van der Waals surface area contributed by atoms with Crippen LogP contribution in [0.5, 0.6) is 0 Å². The minimum atomic E-state index is -3.60. The Morgan fingerprint density at radius 3 is 2.80 bits per heavy atom. The molecule has 5 nitrogen and oxygen atoms in total. The Bertz CT molecular complexity index is 559. The molecule has 0 amide bonds. The molecule has 1 fully saturated rings. The second kappa shape index (κ2) is 6.87. The summed E-state index contributed by atoms with van der Waals surface area (Å²) in [7, 11) is -2.08. The van der Waals surface area contributed by atoms with Gasteiger partial charge in [0.05, 0.1) is 11.6 Å². The predicted molar refractivity (Wildman–Crippen MR) is 78.4 cm³/mol. The van der Waals surface area contributed by atoms with Gasteiger partial charge >= 0.3 is 0 Å². The summed E-state index contributed by atoms with van der Waals surface area (Å²) in [5.74, 6) is 0. The maximum absolute atomic E-state index is 12.2. The molecule has 7 heteroatoms. The third-order valence-corrected chi connectivity index (χ3v) is 5.00. The molecule has 0 bridgehead atoms. The molecule has 2 rings (SSSR count). The molecule has 0 saturated heterocycles. The van der Waals surface area contributed by atoms with E-state index in [-0.39, 0.29) is 16.5 Å². The van der Waals surface area contributed by atoms with E-state index < -0.39 is 10.0 Å². The van der Waals surface area contributed by atoms with Crippen LogP contribution in [-0.4, -0.2) is 34.7 Å². The largest absolute Gasteiger partial charge is 0.383 e. The second-order valence-electron chi connectivity index (χ2n) is 4.81. The van der Waals surface area contributed by atoms with Crippen molar-refractivity contribution in [2.45, 2.75) is 30.3 Å². The van der Waals surface area contributed by atoms with Gasteiger partial charge in [0, 0.05) is 26.2 Å². The molecule has 1 aromatic rings. The topological polar surface area (TPSA) is 67.4 Å². The third-order valence-electron chi connectivity index (χ3n) is 3.06. The van der Waals surface area contributed by atoms with Crippen molar-refractivity contribution in [1.29, 1.82) is 0 Å². The number of rotatable bonds is 8. The molecular formula is C13H19ClN2O3S. The van der Waals surface area contributed by atoms with Crippen LogP contribution in [0.3, 0.4) is 0 Å². The molecule has 0 aliphatic heterocycles. The molecule has 2 N–H and O–H groups in total. The van der Waals surface area contributed by atoms with Gasteiger partial charge in [0.2, 0.25) is 10.0 Å². The Morgan fingerprint density at radius 2 is 2.15 bits per heavy atom. The van der Waals surface area contributed by atoms with E-state index in [0.29, 0.717) is 19.2 Å². The van der Waals surface area contributed by atoms with Gasteiger partial charge in [0.1, 0.15) is 4.90 Å². The predicted octanol–water partition coefficient (Wildman–Crippen LogP) is 1.52. The van der Waals surface area contributed by atoms with Crippen LogP contribution in [0.15, 0.2) is 23.1 Å². The Balaban J connectivity index is 2.09. The fourth-order valence-corrected chi connectivity index (χ4v) is 3.33. The summed E-state index contributed by atoms with van der Waals surface area (Å²) in [6, 6.07) is 5.65. The Hall–Kier alpha value is -0.660. The van der Waals surface area contributed by atoms with E-state index in [1.54, 1.807) is 12.1 Å². The van der Waals surface area contributed by atoms with Gasteiger partial charge in [-0.1, -0.05) is 17.7 Å². The summed E-state index contributed by atoms with van der Waals surface area (Å²) in [5.41, 5.74) is 0.911. The quantitative estimate of drug-likeness (QED) is 0.713. The maximum Gasteiger partial charge on any atom is 0.242 e. The van der Waals surface area contributed by atoms with Gasteiger partial charge in [-0.15, -0.1) is 0 Å². The summed E-state index contributed by atoms with van der Waals surface area (Å²) in [6.07, 6.45) is 2.38. The minimum Gasteiger partial charge on any atom is -0.383 e. The fourth-order valence-electron chi connectivity index (χ4n) is 1.77. The van der Waals surface area contributed by atoms with E-state index in [2.05, 4.69) is 10.0 Å². The second-order valence-corrected chi connectivity index (χ2v) is 6.95.